The molecule has 0 bridgehead atoms. The number of aromatic nitrogens is 3. The molecule has 7 nitrogen and oxygen atoms in total. The molecule has 160 valence electrons. The summed E-state index contributed by atoms with van der Waals surface area (Å²) in [5.41, 5.74) is 7.24. The van der Waals surface area contributed by atoms with Crippen molar-refractivity contribution >= 4 is 29.3 Å². The number of hydrogen-bond acceptors (Lipinski definition) is 5. The molecule has 3 aromatic rings. The number of nitrogens with two attached hydrogens (primary N) is 1. The van der Waals surface area contributed by atoms with E-state index in [0.717, 1.165) is 24.4 Å². The zero-order valence-corrected chi connectivity index (χ0v) is 18.0. The molecular weight excluding hydrogens is 410 g/mol. The van der Waals surface area contributed by atoms with Gasteiger partial charge in [0.1, 0.15) is 5.82 Å². The summed E-state index contributed by atoms with van der Waals surface area (Å²) in [6.45, 7) is 0. The van der Waals surface area contributed by atoms with Crippen molar-refractivity contribution in [2.75, 3.05) is 11.1 Å². The summed E-state index contributed by atoms with van der Waals surface area (Å²) < 4.78 is 1.93. The lowest BCUT2D eigenvalue weighted by atomic mass is 9.88. The number of carbonyl (C=O) groups is 2. The highest BCUT2D eigenvalue weighted by molar-refractivity contribution is 7.99. The summed E-state index contributed by atoms with van der Waals surface area (Å²) in [4.78, 5) is 28.3. The van der Waals surface area contributed by atoms with Crippen LogP contribution in [0, 0.1) is 0 Å². The van der Waals surface area contributed by atoms with Crippen LogP contribution in [-0.2, 0) is 4.79 Å². The normalized spacial score (nSPS) is 14.3. The monoisotopic (exact) mass is 435 g/mol. The fraction of sp³-hybridized carbons (Fsp3) is 0.304. The number of rotatable bonds is 7. The van der Waals surface area contributed by atoms with Gasteiger partial charge >= 0.3 is 0 Å². The maximum atomic E-state index is 12.4. The van der Waals surface area contributed by atoms with Crippen molar-refractivity contribution in [3.63, 3.8) is 0 Å². The van der Waals surface area contributed by atoms with Gasteiger partial charge in [0, 0.05) is 17.2 Å². The highest BCUT2D eigenvalue weighted by Crippen LogP contribution is 2.33. The quantitative estimate of drug-likeness (QED) is 0.543. The Kier molecular flexibility index (Phi) is 6.66. The molecule has 2 amide bonds. The van der Waals surface area contributed by atoms with E-state index >= 15 is 0 Å². The van der Waals surface area contributed by atoms with E-state index in [2.05, 4.69) is 5.32 Å². The number of primary amides is 1. The van der Waals surface area contributed by atoms with E-state index in [1.54, 1.807) is 24.3 Å². The second kappa shape index (κ2) is 9.78. The van der Waals surface area contributed by atoms with Crippen molar-refractivity contribution in [2.24, 2.45) is 5.73 Å². The number of thioether (sulfide) groups is 1. The number of nitrogens with one attached hydrogen (secondary N) is 1. The first kappa shape index (κ1) is 21.1. The fourth-order valence-corrected chi connectivity index (χ4v) is 4.42. The number of hydrogen-bond donors (Lipinski definition) is 2. The molecule has 0 saturated heterocycles. The number of para-hydroxylation sites is 1. The molecule has 1 heterocycles. The number of carbonyl (C=O) groups excluding carboxylic acids is 2. The first-order valence-corrected chi connectivity index (χ1v) is 11.4. The number of amides is 2. The standard InChI is InChI=1S/C23H25N5O2S/c24-21(30)16-11-13-18(14-12-16)25-20(29)15-31-23-26-22(17-7-3-1-4-8-17)28(27-23)19-9-5-2-6-10-19/h2,5-6,9-14,17H,1,3-4,7-8,15H2,(H2,24,30)(H,25,29). The minimum absolute atomic E-state index is 0.160. The van der Waals surface area contributed by atoms with Crippen LogP contribution < -0.4 is 11.1 Å². The molecule has 0 atom stereocenters. The summed E-state index contributed by atoms with van der Waals surface area (Å²) in [6, 6.07) is 16.5. The Morgan fingerprint density at radius 1 is 1.03 bits per heavy atom. The molecule has 3 N–H and O–H groups in total. The third-order valence-corrected chi connectivity index (χ3v) is 6.21. The predicted molar refractivity (Wildman–Crippen MR) is 121 cm³/mol. The van der Waals surface area contributed by atoms with Gasteiger partial charge in [0.05, 0.1) is 11.4 Å². The van der Waals surface area contributed by atoms with E-state index in [4.69, 9.17) is 15.8 Å². The van der Waals surface area contributed by atoms with Crippen molar-refractivity contribution in [2.45, 2.75) is 43.2 Å². The molecule has 0 unspecified atom stereocenters. The smallest absolute Gasteiger partial charge is 0.248 e. The second-order valence-corrected chi connectivity index (χ2v) is 8.56. The Morgan fingerprint density at radius 2 is 1.74 bits per heavy atom. The third-order valence-electron chi connectivity index (χ3n) is 5.37. The minimum Gasteiger partial charge on any atom is -0.366 e. The van der Waals surface area contributed by atoms with Gasteiger partial charge < -0.3 is 11.1 Å². The molecular formula is C23H25N5O2S. The van der Waals surface area contributed by atoms with E-state index in [1.807, 2.05) is 35.0 Å². The van der Waals surface area contributed by atoms with E-state index in [9.17, 15) is 9.59 Å². The van der Waals surface area contributed by atoms with Gasteiger partial charge in [-0.25, -0.2) is 9.67 Å². The van der Waals surface area contributed by atoms with Crippen LogP contribution in [0.25, 0.3) is 5.69 Å². The van der Waals surface area contributed by atoms with Crippen LogP contribution in [0.1, 0.15) is 54.2 Å². The van der Waals surface area contributed by atoms with Gasteiger partial charge in [-0.15, -0.1) is 5.10 Å². The summed E-state index contributed by atoms with van der Waals surface area (Å²) in [5, 5.41) is 8.12. The van der Waals surface area contributed by atoms with Crippen LogP contribution in [0.3, 0.4) is 0 Å². The van der Waals surface area contributed by atoms with Gasteiger partial charge in [0.2, 0.25) is 17.0 Å². The zero-order chi connectivity index (χ0) is 21.6. The number of benzene rings is 2. The predicted octanol–water partition coefficient (Wildman–Crippen LogP) is 4.14. The van der Waals surface area contributed by atoms with Crippen molar-refractivity contribution in [3.8, 4) is 5.69 Å². The lowest BCUT2D eigenvalue weighted by Crippen LogP contribution is -2.15. The van der Waals surface area contributed by atoms with Crippen molar-refractivity contribution in [1.82, 2.24) is 14.8 Å². The van der Waals surface area contributed by atoms with Gasteiger partial charge in [-0.05, 0) is 49.2 Å². The van der Waals surface area contributed by atoms with Crippen LogP contribution >= 0.6 is 11.8 Å². The van der Waals surface area contributed by atoms with Crippen LogP contribution in [0.5, 0.6) is 0 Å². The SMILES string of the molecule is NC(=O)c1ccc(NC(=O)CSc2nc(C3CCCCC3)n(-c3ccccc3)n2)cc1. The van der Waals surface area contributed by atoms with Gasteiger partial charge in [0.15, 0.2) is 0 Å². The third kappa shape index (κ3) is 5.32. The molecule has 1 saturated carbocycles. The summed E-state index contributed by atoms with van der Waals surface area (Å²) in [7, 11) is 0. The van der Waals surface area contributed by atoms with Gasteiger partial charge in [0.25, 0.3) is 0 Å². The lowest BCUT2D eigenvalue weighted by Gasteiger charge is -2.21. The summed E-state index contributed by atoms with van der Waals surface area (Å²) in [5.74, 6) is 0.916. The van der Waals surface area contributed by atoms with Gasteiger partial charge in [-0.1, -0.05) is 49.2 Å². The maximum Gasteiger partial charge on any atom is 0.248 e. The highest BCUT2D eigenvalue weighted by atomic mass is 32.2. The molecule has 31 heavy (non-hydrogen) atoms. The Bertz CT molecular complexity index is 1040. The molecule has 1 aliphatic rings. The average molecular weight is 436 g/mol. The Morgan fingerprint density at radius 3 is 2.42 bits per heavy atom. The highest BCUT2D eigenvalue weighted by Gasteiger charge is 2.23. The van der Waals surface area contributed by atoms with Crippen molar-refractivity contribution in [1.29, 1.82) is 0 Å². The fourth-order valence-electron chi connectivity index (χ4n) is 3.79. The Balaban J connectivity index is 1.44. The number of anilines is 1. The van der Waals surface area contributed by atoms with Crippen molar-refractivity contribution in [3.05, 3.63) is 66.0 Å². The number of nitrogens with zero attached hydrogens (tertiary/aromatic N) is 3. The lowest BCUT2D eigenvalue weighted by molar-refractivity contribution is -0.113. The van der Waals surface area contributed by atoms with E-state index in [-0.39, 0.29) is 11.7 Å². The Hall–Kier alpha value is -3.13. The molecule has 0 radical (unpaired) electrons. The maximum absolute atomic E-state index is 12.4. The van der Waals surface area contributed by atoms with Crippen LogP contribution in [0.2, 0.25) is 0 Å². The molecule has 2 aromatic carbocycles. The minimum atomic E-state index is -0.498. The first-order valence-electron chi connectivity index (χ1n) is 10.4. The van der Waals surface area contributed by atoms with E-state index < -0.39 is 5.91 Å². The molecule has 8 heteroatoms. The van der Waals surface area contributed by atoms with Crippen LogP contribution in [-0.4, -0.2) is 32.3 Å². The topological polar surface area (TPSA) is 103 Å². The summed E-state index contributed by atoms with van der Waals surface area (Å²) in [6.07, 6.45) is 5.95. The van der Waals surface area contributed by atoms with Crippen LogP contribution in [0.4, 0.5) is 5.69 Å². The van der Waals surface area contributed by atoms with Gasteiger partial charge in [-0.2, -0.15) is 0 Å². The second-order valence-electron chi connectivity index (χ2n) is 7.61. The molecule has 1 aliphatic carbocycles. The molecule has 4 rings (SSSR count). The Labute approximate surface area is 185 Å². The molecule has 0 aliphatic heterocycles. The largest absolute Gasteiger partial charge is 0.366 e. The first-order chi connectivity index (χ1) is 15.1. The molecule has 0 spiro atoms. The van der Waals surface area contributed by atoms with Crippen molar-refractivity contribution < 1.29 is 9.59 Å². The zero-order valence-electron chi connectivity index (χ0n) is 17.2. The van der Waals surface area contributed by atoms with Crippen LogP contribution in [0.15, 0.2) is 59.8 Å². The molecule has 1 fully saturated rings. The van der Waals surface area contributed by atoms with Gasteiger partial charge in [-0.3, -0.25) is 9.59 Å². The molecule has 1 aromatic heterocycles. The summed E-state index contributed by atoms with van der Waals surface area (Å²) >= 11 is 1.32. The average Bonchev–Trinajstić information content (AvgIpc) is 3.24. The van der Waals surface area contributed by atoms with E-state index in [0.29, 0.717) is 22.3 Å². The van der Waals surface area contributed by atoms with E-state index in [1.165, 1.54) is 31.0 Å².